The number of benzene rings is 2. The van der Waals surface area contributed by atoms with Crippen LogP contribution in [0.4, 0.5) is 11.4 Å². The minimum absolute atomic E-state index is 0.134. The van der Waals surface area contributed by atoms with Crippen molar-refractivity contribution < 1.29 is 18.0 Å². The Kier molecular flexibility index (Phi) is 8.72. The number of carbonyl (C=O) groups is 2. The van der Waals surface area contributed by atoms with Crippen LogP contribution in [0.3, 0.4) is 0 Å². The maximum absolute atomic E-state index is 12.8. The fourth-order valence-corrected chi connectivity index (χ4v) is 5.36. The molecule has 0 unspecified atom stereocenters. The van der Waals surface area contributed by atoms with E-state index in [1.807, 2.05) is 32.0 Å². The van der Waals surface area contributed by atoms with Gasteiger partial charge in [-0.1, -0.05) is 43.5 Å². The quantitative estimate of drug-likeness (QED) is 0.545. The molecule has 1 fully saturated rings. The molecule has 7 nitrogen and oxygen atoms in total. The van der Waals surface area contributed by atoms with Crippen LogP contribution in [0, 0.1) is 13.8 Å². The van der Waals surface area contributed by atoms with Gasteiger partial charge in [-0.2, -0.15) is 0 Å². The van der Waals surface area contributed by atoms with E-state index in [4.69, 9.17) is 0 Å². The van der Waals surface area contributed by atoms with E-state index in [1.54, 1.807) is 24.3 Å². The lowest BCUT2D eigenvalue weighted by Crippen LogP contribution is -2.36. The average Bonchev–Trinajstić information content (AvgIpc) is 2.79. The van der Waals surface area contributed by atoms with Crippen LogP contribution in [0.1, 0.15) is 66.4 Å². The van der Waals surface area contributed by atoms with E-state index >= 15 is 0 Å². The largest absolute Gasteiger partial charge is 0.349 e. The van der Waals surface area contributed by atoms with Gasteiger partial charge in [0.05, 0.1) is 23.2 Å². The second-order valence-electron chi connectivity index (χ2n) is 9.13. The van der Waals surface area contributed by atoms with Crippen LogP contribution in [0.25, 0.3) is 0 Å². The summed E-state index contributed by atoms with van der Waals surface area (Å²) in [4.78, 5) is 25.5. The van der Waals surface area contributed by atoms with Gasteiger partial charge >= 0.3 is 0 Å². The number of aryl methyl sites for hydroxylation is 2. The number of carbonyl (C=O) groups excluding carboxylic acids is 2. The van der Waals surface area contributed by atoms with Crippen molar-refractivity contribution in [1.82, 2.24) is 5.32 Å². The van der Waals surface area contributed by atoms with Gasteiger partial charge in [0.1, 0.15) is 0 Å². The summed E-state index contributed by atoms with van der Waals surface area (Å²) in [6.45, 7) is 3.98. The van der Waals surface area contributed by atoms with Gasteiger partial charge in [-0.15, -0.1) is 0 Å². The first-order valence-corrected chi connectivity index (χ1v) is 13.7. The van der Waals surface area contributed by atoms with E-state index in [0.717, 1.165) is 36.8 Å². The summed E-state index contributed by atoms with van der Waals surface area (Å²) in [6, 6.07) is 12.8. The number of nitrogens with zero attached hydrogens (tertiary/aromatic N) is 1. The van der Waals surface area contributed by atoms with Crippen LogP contribution in [0.2, 0.25) is 0 Å². The zero-order valence-electron chi connectivity index (χ0n) is 20.3. The fraction of sp³-hybridized carbons (Fsp3) is 0.462. The molecule has 1 aliphatic rings. The Bertz CT molecular complexity index is 1120. The van der Waals surface area contributed by atoms with Gasteiger partial charge in [0, 0.05) is 19.0 Å². The molecule has 184 valence electrons. The SMILES string of the molecule is Cc1ccc(C)c(N(CCCC(=O)Nc2ccccc2C(=O)NC2CCCCC2)S(C)(=O)=O)c1. The number of para-hydroxylation sites is 1. The third-order valence-corrected chi connectivity index (χ3v) is 7.36. The molecule has 0 saturated heterocycles. The molecule has 0 heterocycles. The molecule has 34 heavy (non-hydrogen) atoms. The maximum atomic E-state index is 12.8. The van der Waals surface area contributed by atoms with Gasteiger partial charge in [0.2, 0.25) is 15.9 Å². The fourth-order valence-electron chi connectivity index (χ4n) is 4.35. The van der Waals surface area contributed by atoms with E-state index in [0.29, 0.717) is 23.4 Å². The zero-order chi connectivity index (χ0) is 24.7. The predicted octanol–water partition coefficient (Wildman–Crippen LogP) is 4.55. The Hall–Kier alpha value is -2.87. The lowest BCUT2D eigenvalue weighted by atomic mass is 9.95. The van der Waals surface area contributed by atoms with Crippen molar-refractivity contribution in [2.24, 2.45) is 0 Å². The first-order chi connectivity index (χ1) is 16.1. The number of amides is 2. The third-order valence-electron chi connectivity index (χ3n) is 6.18. The van der Waals surface area contributed by atoms with Crippen molar-refractivity contribution in [2.45, 2.75) is 64.8 Å². The highest BCUT2D eigenvalue weighted by Crippen LogP contribution is 2.25. The molecule has 1 aliphatic carbocycles. The summed E-state index contributed by atoms with van der Waals surface area (Å²) in [5, 5.41) is 5.92. The molecule has 8 heteroatoms. The summed E-state index contributed by atoms with van der Waals surface area (Å²) in [5.41, 5.74) is 3.37. The van der Waals surface area contributed by atoms with Crippen LogP contribution in [0.15, 0.2) is 42.5 Å². The molecule has 0 spiro atoms. The Balaban J connectivity index is 1.61. The Morgan fingerprint density at radius 3 is 2.44 bits per heavy atom. The highest BCUT2D eigenvalue weighted by molar-refractivity contribution is 7.92. The molecule has 3 rings (SSSR count). The zero-order valence-corrected chi connectivity index (χ0v) is 21.1. The van der Waals surface area contributed by atoms with Crippen LogP contribution < -0.4 is 14.9 Å². The molecule has 0 aromatic heterocycles. The number of anilines is 2. The van der Waals surface area contributed by atoms with E-state index in [1.165, 1.54) is 17.0 Å². The molecule has 2 aromatic rings. The van der Waals surface area contributed by atoms with E-state index in [2.05, 4.69) is 10.6 Å². The lowest BCUT2D eigenvalue weighted by Gasteiger charge is -2.24. The van der Waals surface area contributed by atoms with Gasteiger partial charge in [0.15, 0.2) is 0 Å². The first kappa shape index (κ1) is 25.7. The van der Waals surface area contributed by atoms with Gasteiger partial charge in [-0.05, 0) is 62.4 Å². The molecule has 0 bridgehead atoms. The molecule has 0 atom stereocenters. The monoisotopic (exact) mass is 485 g/mol. The number of rotatable bonds is 9. The summed E-state index contributed by atoms with van der Waals surface area (Å²) in [7, 11) is -3.50. The molecule has 0 radical (unpaired) electrons. The van der Waals surface area contributed by atoms with Crippen molar-refractivity contribution in [2.75, 3.05) is 22.4 Å². The predicted molar refractivity (Wildman–Crippen MR) is 137 cm³/mol. The Morgan fingerprint density at radius 1 is 1.03 bits per heavy atom. The molecule has 2 N–H and O–H groups in total. The smallest absolute Gasteiger partial charge is 0.253 e. The first-order valence-electron chi connectivity index (χ1n) is 11.9. The van der Waals surface area contributed by atoms with Crippen molar-refractivity contribution in [3.63, 3.8) is 0 Å². The molecule has 2 aromatic carbocycles. The van der Waals surface area contributed by atoms with Crippen molar-refractivity contribution in [1.29, 1.82) is 0 Å². The average molecular weight is 486 g/mol. The number of hydrogen-bond acceptors (Lipinski definition) is 4. The second kappa shape index (κ2) is 11.5. The summed E-state index contributed by atoms with van der Waals surface area (Å²) in [6.07, 6.45) is 7.08. The van der Waals surface area contributed by atoms with E-state index in [9.17, 15) is 18.0 Å². The highest BCUT2D eigenvalue weighted by atomic mass is 32.2. The molecule has 0 aliphatic heterocycles. The molecular weight excluding hydrogens is 450 g/mol. The van der Waals surface area contributed by atoms with E-state index < -0.39 is 10.0 Å². The van der Waals surface area contributed by atoms with Crippen LogP contribution in [-0.4, -0.2) is 39.1 Å². The second-order valence-corrected chi connectivity index (χ2v) is 11.0. The molecule has 1 saturated carbocycles. The third kappa shape index (κ3) is 7.06. The topological polar surface area (TPSA) is 95.6 Å². The van der Waals surface area contributed by atoms with Gasteiger partial charge in [-0.3, -0.25) is 13.9 Å². The Labute approximate surface area is 203 Å². The van der Waals surface area contributed by atoms with Gasteiger partial charge in [0.25, 0.3) is 5.91 Å². The maximum Gasteiger partial charge on any atom is 0.253 e. The minimum atomic E-state index is -3.50. The Morgan fingerprint density at radius 2 is 1.74 bits per heavy atom. The number of hydrogen-bond donors (Lipinski definition) is 2. The standard InChI is InChI=1S/C26H35N3O4S/c1-19-15-16-20(2)24(18-19)29(34(3,32)33)17-9-14-25(30)28-23-13-8-7-12-22(23)26(31)27-21-10-5-4-6-11-21/h7-8,12-13,15-16,18,21H,4-6,9-11,14,17H2,1-3H3,(H,27,31)(H,28,30). The normalized spacial score (nSPS) is 14.4. The van der Waals surface area contributed by atoms with Crippen LogP contribution >= 0.6 is 0 Å². The summed E-state index contributed by atoms with van der Waals surface area (Å²) >= 11 is 0. The summed E-state index contributed by atoms with van der Waals surface area (Å²) < 4.78 is 26.2. The van der Waals surface area contributed by atoms with Crippen LogP contribution in [-0.2, 0) is 14.8 Å². The molecule has 2 amide bonds. The van der Waals surface area contributed by atoms with E-state index in [-0.39, 0.29) is 30.8 Å². The van der Waals surface area contributed by atoms with Crippen molar-refractivity contribution >= 4 is 33.2 Å². The molecular formula is C26H35N3O4S. The van der Waals surface area contributed by atoms with Gasteiger partial charge in [-0.25, -0.2) is 8.42 Å². The minimum Gasteiger partial charge on any atom is -0.349 e. The van der Waals surface area contributed by atoms with Gasteiger partial charge < -0.3 is 10.6 Å². The summed E-state index contributed by atoms with van der Waals surface area (Å²) in [5.74, 6) is -0.437. The highest BCUT2D eigenvalue weighted by Gasteiger charge is 2.21. The number of sulfonamides is 1. The van der Waals surface area contributed by atoms with Crippen molar-refractivity contribution in [3.05, 3.63) is 59.2 Å². The number of nitrogens with one attached hydrogen (secondary N) is 2. The lowest BCUT2D eigenvalue weighted by molar-refractivity contribution is -0.116. The van der Waals surface area contributed by atoms with Crippen LogP contribution in [0.5, 0.6) is 0 Å². The van der Waals surface area contributed by atoms with Crippen molar-refractivity contribution in [3.8, 4) is 0 Å².